The van der Waals surface area contributed by atoms with E-state index in [2.05, 4.69) is 15.5 Å². The minimum atomic E-state index is -0.248. The van der Waals surface area contributed by atoms with E-state index in [0.29, 0.717) is 33.8 Å². The Balaban J connectivity index is 1.71. The first kappa shape index (κ1) is 17.8. The lowest BCUT2D eigenvalue weighted by Crippen LogP contribution is -2.27. The molecular weight excluding hydrogens is 358 g/mol. The van der Waals surface area contributed by atoms with Gasteiger partial charge in [0.15, 0.2) is 5.76 Å². The van der Waals surface area contributed by atoms with Gasteiger partial charge in [-0.25, -0.2) is 4.98 Å². The second kappa shape index (κ2) is 7.19. The zero-order chi connectivity index (χ0) is 19.7. The zero-order valence-corrected chi connectivity index (χ0v) is 15.7. The van der Waals surface area contributed by atoms with E-state index in [9.17, 15) is 4.79 Å². The van der Waals surface area contributed by atoms with Crippen molar-refractivity contribution < 1.29 is 18.5 Å². The predicted octanol–water partition coefficient (Wildman–Crippen LogP) is 4.29. The van der Waals surface area contributed by atoms with Crippen molar-refractivity contribution in [3.8, 4) is 17.2 Å². The van der Waals surface area contributed by atoms with E-state index in [1.807, 2.05) is 31.2 Å². The molecule has 0 bridgehead atoms. The number of methoxy groups -OCH3 is 1. The average Bonchev–Trinajstić information content (AvgIpc) is 3.37. The number of aryl methyl sites for hydroxylation is 1. The van der Waals surface area contributed by atoms with Crippen LogP contribution < -0.4 is 10.1 Å². The minimum absolute atomic E-state index is 0.224. The summed E-state index contributed by atoms with van der Waals surface area (Å²) in [6.07, 6.45) is 1.55. The molecule has 0 saturated carbocycles. The van der Waals surface area contributed by atoms with Crippen molar-refractivity contribution >= 4 is 17.0 Å². The number of carbonyl (C=O) groups is 1. The number of benzene rings is 1. The highest BCUT2D eigenvalue weighted by Crippen LogP contribution is 2.28. The molecule has 4 rings (SSSR count). The van der Waals surface area contributed by atoms with Crippen LogP contribution in [0.4, 0.5) is 0 Å². The van der Waals surface area contributed by atoms with E-state index in [-0.39, 0.29) is 11.9 Å². The Morgan fingerprint density at radius 3 is 2.82 bits per heavy atom. The summed E-state index contributed by atoms with van der Waals surface area (Å²) in [5, 5.41) is 7.57. The molecule has 1 atom stereocenters. The smallest absolute Gasteiger partial charge is 0.259 e. The molecular formula is C21H19N3O4. The fourth-order valence-corrected chi connectivity index (χ4v) is 3.09. The van der Waals surface area contributed by atoms with Gasteiger partial charge in [0.25, 0.3) is 11.6 Å². The van der Waals surface area contributed by atoms with Crippen molar-refractivity contribution in [3.05, 3.63) is 65.5 Å². The lowest BCUT2D eigenvalue weighted by molar-refractivity contribution is 0.0941. The summed E-state index contributed by atoms with van der Waals surface area (Å²) in [5.74, 6) is 1.03. The van der Waals surface area contributed by atoms with Crippen LogP contribution in [0.5, 0.6) is 5.75 Å². The molecule has 7 heteroatoms. The summed E-state index contributed by atoms with van der Waals surface area (Å²) in [4.78, 5) is 17.5. The van der Waals surface area contributed by atoms with E-state index >= 15 is 0 Å². The van der Waals surface area contributed by atoms with Crippen LogP contribution >= 0.6 is 0 Å². The van der Waals surface area contributed by atoms with Crippen LogP contribution in [0, 0.1) is 6.92 Å². The molecule has 0 fully saturated rings. The van der Waals surface area contributed by atoms with Crippen molar-refractivity contribution in [1.29, 1.82) is 0 Å². The number of aromatic nitrogens is 2. The first-order valence-corrected chi connectivity index (χ1v) is 8.82. The molecule has 0 aliphatic heterocycles. The van der Waals surface area contributed by atoms with Gasteiger partial charge in [-0.2, -0.15) is 0 Å². The molecule has 28 heavy (non-hydrogen) atoms. The zero-order valence-electron chi connectivity index (χ0n) is 15.7. The second-order valence-corrected chi connectivity index (χ2v) is 6.45. The summed E-state index contributed by atoms with van der Waals surface area (Å²) in [5.41, 5.74) is 2.78. The molecule has 0 spiro atoms. The lowest BCUT2D eigenvalue weighted by Gasteiger charge is -2.16. The number of nitrogens with one attached hydrogen (secondary N) is 1. The number of nitrogens with zero attached hydrogens (tertiary/aromatic N) is 2. The maximum atomic E-state index is 13.1. The van der Waals surface area contributed by atoms with E-state index < -0.39 is 0 Å². The van der Waals surface area contributed by atoms with Gasteiger partial charge in [0.2, 0.25) is 0 Å². The van der Waals surface area contributed by atoms with Gasteiger partial charge in [0, 0.05) is 0 Å². The molecule has 0 aliphatic carbocycles. The van der Waals surface area contributed by atoms with Gasteiger partial charge >= 0.3 is 0 Å². The van der Waals surface area contributed by atoms with E-state index in [0.717, 1.165) is 11.3 Å². The van der Waals surface area contributed by atoms with Gasteiger partial charge in [0.1, 0.15) is 11.4 Å². The van der Waals surface area contributed by atoms with E-state index in [4.69, 9.17) is 13.7 Å². The number of pyridine rings is 1. The molecule has 3 heterocycles. The molecule has 142 valence electrons. The molecule has 1 aromatic carbocycles. The molecule has 1 N–H and O–H groups in total. The third-order valence-electron chi connectivity index (χ3n) is 4.58. The van der Waals surface area contributed by atoms with E-state index in [1.165, 1.54) is 0 Å². The van der Waals surface area contributed by atoms with Crippen LogP contribution in [-0.4, -0.2) is 23.2 Å². The molecule has 0 aliphatic rings. The highest BCUT2D eigenvalue weighted by atomic mass is 16.5. The average molecular weight is 377 g/mol. The highest BCUT2D eigenvalue weighted by molar-refractivity contribution is 6.07. The quantitative estimate of drug-likeness (QED) is 0.558. The van der Waals surface area contributed by atoms with Crippen LogP contribution in [0.2, 0.25) is 0 Å². The summed E-state index contributed by atoms with van der Waals surface area (Å²) in [6, 6.07) is 12.6. The largest absolute Gasteiger partial charge is 0.497 e. The van der Waals surface area contributed by atoms with Crippen LogP contribution in [0.25, 0.3) is 22.6 Å². The molecule has 0 unspecified atom stereocenters. The van der Waals surface area contributed by atoms with Gasteiger partial charge in [0.05, 0.1) is 36.1 Å². The summed E-state index contributed by atoms with van der Waals surface area (Å²) < 4.78 is 16.0. The molecule has 4 aromatic rings. The van der Waals surface area contributed by atoms with Gasteiger partial charge in [-0.1, -0.05) is 17.3 Å². The van der Waals surface area contributed by atoms with Crippen molar-refractivity contribution in [2.24, 2.45) is 0 Å². The van der Waals surface area contributed by atoms with Crippen molar-refractivity contribution in [2.75, 3.05) is 7.11 Å². The number of furan rings is 1. The van der Waals surface area contributed by atoms with Crippen LogP contribution in [0.1, 0.15) is 34.6 Å². The molecule has 1 amide bonds. The number of carbonyl (C=O) groups excluding carboxylic acids is 1. The third-order valence-corrected chi connectivity index (χ3v) is 4.58. The molecule has 0 saturated heterocycles. The highest BCUT2D eigenvalue weighted by Gasteiger charge is 2.21. The van der Waals surface area contributed by atoms with Crippen LogP contribution in [-0.2, 0) is 0 Å². The van der Waals surface area contributed by atoms with Gasteiger partial charge in [-0.05, 0) is 49.7 Å². The second-order valence-electron chi connectivity index (χ2n) is 6.45. The van der Waals surface area contributed by atoms with E-state index in [1.54, 1.807) is 38.5 Å². The minimum Gasteiger partial charge on any atom is -0.497 e. The molecule has 3 aromatic heterocycles. The maximum Gasteiger partial charge on any atom is 0.259 e. The maximum absolute atomic E-state index is 13.1. The summed E-state index contributed by atoms with van der Waals surface area (Å²) in [7, 11) is 1.61. The Morgan fingerprint density at radius 2 is 2.07 bits per heavy atom. The SMILES string of the molecule is COc1cccc([C@H](C)NC(=O)c2cc(-c3ccco3)nc3onc(C)c23)c1. The normalized spacial score (nSPS) is 12.1. The van der Waals surface area contributed by atoms with Crippen molar-refractivity contribution in [1.82, 2.24) is 15.5 Å². The number of hydrogen-bond donors (Lipinski definition) is 1. The fourth-order valence-electron chi connectivity index (χ4n) is 3.09. The first-order valence-electron chi connectivity index (χ1n) is 8.82. The van der Waals surface area contributed by atoms with Gasteiger partial charge in [-0.15, -0.1) is 0 Å². The molecule has 0 radical (unpaired) electrons. The van der Waals surface area contributed by atoms with Gasteiger partial charge < -0.3 is 19.0 Å². The van der Waals surface area contributed by atoms with Crippen LogP contribution in [0.3, 0.4) is 0 Å². The van der Waals surface area contributed by atoms with Crippen molar-refractivity contribution in [3.63, 3.8) is 0 Å². The van der Waals surface area contributed by atoms with Crippen molar-refractivity contribution in [2.45, 2.75) is 19.9 Å². The third kappa shape index (κ3) is 3.22. The Labute approximate surface area is 161 Å². The standard InChI is InChI=1S/C21H19N3O4/c1-12(14-6-4-7-15(10-14)26-3)22-20(25)16-11-17(18-8-5-9-27-18)23-21-19(16)13(2)24-28-21/h4-12H,1-3H3,(H,22,25)/t12-/m0/s1. The number of hydrogen-bond acceptors (Lipinski definition) is 6. The number of ether oxygens (including phenoxy) is 1. The Morgan fingerprint density at radius 1 is 1.21 bits per heavy atom. The number of rotatable bonds is 5. The number of fused-ring (bicyclic) bond motifs is 1. The first-order chi connectivity index (χ1) is 13.6. The Kier molecular flexibility index (Phi) is 4.57. The van der Waals surface area contributed by atoms with Gasteiger partial charge in [-0.3, -0.25) is 4.79 Å². The topological polar surface area (TPSA) is 90.4 Å². The fraction of sp³-hybridized carbons (Fsp3) is 0.190. The molecule has 7 nitrogen and oxygen atoms in total. The summed E-state index contributed by atoms with van der Waals surface area (Å²) >= 11 is 0. The summed E-state index contributed by atoms with van der Waals surface area (Å²) in [6.45, 7) is 3.70. The Hall–Kier alpha value is -3.61. The lowest BCUT2D eigenvalue weighted by atomic mass is 10.1. The van der Waals surface area contributed by atoms with Crippen LogP contribution in [0.15, 0.2) is 57.7 Å². The number of amides is 1. The monoisotopic (exact) mass is 377 g/mol. The Bertz CT molecular complexity index is 1130. The predicted molar refractivity (Wildman–Crippen MR) is 103 cm³/mol.